The summed E-state index contributed by atoms with van der Waals surface area (Å²) in [5, 5.41) is 3.49. The molecule has 0 radical (unpaired) electrons. The van der Waals surface area contributed by atoms with Gasteiger partial charge in [0, 0.05) is 43.7 Å². The number of carbonyl (C=O) groups excluding carboxylic acids is 1. The van der Waals surface area contributed by atoms with Crippen LogP contribution in [0.3, 0.4) is 0 Å². The minimum absolute atomic E-state index is 0.0740. The first-order valence-electron chi connectivity index (χ1n) is 9.74. The maximum Gasteiger partial charge on any atom is 0.417 e. The van der Waals surface area contributed by atoms with Crippen molar-refractivity contribution >= 4 is 52.3 Å². The number of halogens is 6. The lowest BCUT2D eigenvalue weighted by Crippen LogP contribution is -2.56. The molecule has 0 unspecified atom stereocenters. The highest BCUT2D eigenvalue weighted by Gasteiger charge is 2.47. The van der Waals surface area contributed by atoms with E-state index in [-0.39, 0.29) is 16.9 Å². The molecule has 2 amide bonds. The first kappa shape index (κ1) is 23.2. The summed E-state index contributed by atoms with van der Waals surface area (Å²) in [5.41, 5.74) is -1.29. The number of nitrogens with one attached hydrogen (secondary N) is 1. The van der Waals surface area contributed by atoms with Crippen LogP contribution >= 0.6 is 34.8 Å². The van der Waals surface area contributed by atoms with Gasteiger partial charge in [-0.3, -0.25) is 4.90 Å². The van der Waals surface area contributed by atoms with E-state index in [1.54, 1.807) is 21.9 Å². The van der Waals surface area contributed by atoms with Gasteiger partial charge >= 0.3 is 12.2 Å². The number of anilines is 2. The van der Waals surface area contributed by atoms with Gasteiger partial charge in [-0.05, 0) is 24.3 Å². The second kappa shape index (κ2) is 8.78. The zero-order chi connectivity index (χ0) is 23.1. The van der Waals surface area contributed by atoms with Gasteiger partial charge in [0.25, 0.3) is 0 Å². The second-order valence-corrected chi connectivity index (χ2v) is 8.77. The molecule has 1 spiro atoms. The van der Waals surface area contributed by atoms with Crippen molar-refractivity contribution in [1.29, 1.82) is 0 Å². The van der Waals surface area contributed by atoms with Crippen molar-refractivity contribution in [1.82, 2.24) is 9.88 Å². The molecular formula is C20H18Cl3F3N4O2. The predicted octanol–water partition coefficient (Wildman–Crippen LogP) is 5.92. The molecule has 12 heteroatoms. The number of nitrogens with zero attached hydrogens (tertiary/aromatic N) is 3. The molecule has 3 heterocycles. The summed E-state index contributed by atoms with van der Waals surface area (Å²) in [7, 11) is 0. The van der Waals surface area contributed by atoms with Gasteiger partial charge in [-0.25, -0.2) is 9.78 Å². The summed E-state index contributed by atoms with van der Waals surface area (Å²) in [4.78, 5) is 20.3. The second-order valence-electron chi connectivity index (χ2n) is 7.51. The standard InChI is InChI=1S/C20H18Cl3F3N4O2/c21-13-1-2-16(14(22)10-13)28-18(31)30-7-8-32-19(30)3-5-29(6-4-19)17-15(23)9-12(11-27-17)20(24,25)26/h1-2,9-11H,3-8H2,(H,28,31). The van der Waals surface area contributed by atoms with Crippen LogP contribution < -0.4 is 10.2 Å². The summed E-state index contributed by atoms with van der Waals surface area (Å²) < 4.78 is 44.6. The Labute approximate surface area is 197 Å². The van der Waals surface area contributed by atoms with Gasteiger partial charge in [0.15, 0.2) is 0 Å². The van der Waals surface area contributed by atoms with Crippen LogP contribution in [-0.4, -0.2) is 47.9 Å². The fourth-order valence-corrected chi connectivity index (χ4v) is 4.71. The molecule has 2 saturated heterocycles. The van der Waals surface area contributed by atoms with E-state index in [1.807, 2.05) is 0 Å². The summed E-state index contributed by atoms with van der Waals surface area (Å²) >= 11 is 18.1. The quantitative estimate of drug-likeness (QED) is 0.546. The number of carbonyl (C=O) groups is 1. The molecule has 4 rings (SSSR count). The average Bonchev–Trinajstić information content (AvgIpc) is 3.13. The minimum Gasteiger partial charge on any atom is -0.355 e. The molecular weight excluding hydrogens is 492 g/mol. The summed E-state index contributed by atoms with van der Waals surface area (Å²) in [5.74, 6) is 0.275. The lowest BCUT2D eigenvalue weighted by atomic mass is 9.99. The number of hydrogen-bond acceptors (Lipinski definition) is 4. The number of amides is 2. The number of piperidine rings is 1. The number of benzene rings is 1. The number of hydrogen-bond donors (Lipinski definition) is 1. The smallest absolute Gasteiger partial charge is 0.355 e. The van der Waals surface area contributed by atoms with Crippen molar-refractivity contribution in [3.8, 4) is 0 Å². The van der Waals surface area contributed by atoms with Gasteiger partial charge in [-0.2, -0.15) is 13.2 Å². The SMILES string of the molecule is O=C(Nc1ccc(Cl)cc1Cl)N1CCOC12CCN(c1ncc(C(F)(F)F)cc1Cl)CC2. The van der Waals surface area contributed by atoms with E-state index in [2.05, 4.69) is 10.3 Å². The van der Waals surface area contributed by atoms with Crippen LogP contribution in [0.2, 0.25) is 15.1 Å². The zero-order valence-corrected chi connectivity index (χ0v) is 18.8. The fourth-order valence-electron chi connectivity index (χ4n) is 3.97. The van der Waals surface area contributed by atoms with Crippen LogP contribution in [0.5, 0.6) is 0 Å². The monoisotopic (exact) mass is 508 g/mol. The number of urea groups is 1. The van der Waals surface area contributed by atoms with E-state index < -0.39 is 17.5 Å². The molecule has 0 atom stereocenters. The Hall–Kier alpha value is -1.94. The third kappa shape index (κ3) is 4.57. The van der Waals surface area contributed by atoms with Gasteiger partial charge in [0.2, 0.25) is 0 Å². The maximum atomic E-state index is 13.0. The Morgan fingerprint density at radius 3 is 2.44 bits per heavy atom. The number of alkyl halides is 3. The largest absolute Gasteiger partial charge is 0.417 e. The predicted molar refractivity (Wildman–Crippen MR) is 117 cm³/mol. The van der Waals surface area contributed by atoms with E-state index in [0.29, 0.717) is 54.8 Å². The molecule has 0 aliphatic carbocycles. The Morgan fingerprint density at radius 1 is 1.09 bits per heavy atom. The Bertz CT molecular complexity index is 1030. The minimum atomic E-state index is -4.51. The molecule has 1 aromatic carbocycles. The van der Waals surface area contributed by atoms with Crippen LogP contribution in [0.4, 0.5) is 29.5 Å². The summed E-state index contributed by atoms with van der Waals surface area (Å²) in [6.07, 6.45) is -2.87. The van der Waals surface area contributed by atoms with Crippen LogP contribution in [0.15, 0.2) is 30.5 Å². The third-order valence-electron chi connectivity index (χ3n) is 5.59. The highest BCUT2D eigenvalue weighted by atomic mass is 35.5. The highest BCUT2D eigenvalue weighted by Crippen LogP contribution is 2.39. The Balaban J connectivity index is 1.45. The van der Waals surface area contributed by atoms with Gasteiger partial charge in [0.05, 0.1) is 27.9 Å². The Morgan fingerprint density at radius 2 is 1.81 bits per heavy atom. The maximum absolute atomic E-state index is 13.0. The molecule has 0 saturated carbocycles. The van der Waals surface area contributed by atoms with E-state index in [1.165, 1.54) is 6.07 Å². The number of ether oxygens (including phenoxy) is 1. The Kier molecular flexibility index (Phi) is 6.37. The molecule has 172 valence electrons. The van der Waals surface area contributed by atoms with Gasteiger partial charge in [0.1, 0.15) is 11.5 Å². The van der Waals surface area contributed by atoms with E-state index in [9.17, 15) is 18.0 Å². The average molecular weight is 510 g/mol. The molecule has 32 heavy (non-hydrogen) atoms. The molecule has 1 N–H and O–H groups in total. The molecule has 2 aliphatic heterocycles. The zero-order valence-electron chi connectivity index (χ0n) is 16.6. The lowest BCUT2D eigenvalue weighted by molar-refractivity contribution is -0.137. The van der Waals surface area contributed by atoms with Crippen molar-refractivity contribution < 1.29 is 22.7 Å². The molecule has 2 aliphatic rings. The van der Waals surface area contributed by atoms with Crippen LogP contribution in [0.25, 0.3) is 0 Å². The van der Waals surface area contributed by atoms with Gasteiger partial charge < -0.3 is 15.0 Å². The molecule has 2 aromatic rings. The van der Waals surface area contributed by atoms with E-state index in [0.717, 1.165) is 12.3 Å². The van der Waals surface area contributed by atoms with Crippen LogP contribution in [0.1, 0.15) is 18.4 Å². The van der Waals surface area contributed by atoms with Gasteiger partial charge in [-0.1, -0.05) is 34.8 Å². The molecule has 6 nitrogen and oxygen atoms in total. The normalized spacial score (nSPS) is 18.3. The molecule has 2 fully saturated rings. The first-order chi connectivity index (χ1) is 15.1. The van der Waals surface area contributed by atoms with Crippen molar-refractivity contribution in [3.05, 3.63) is 51.1 Å². The van der Waals surface area contributed by atoms with Crippen LogP contribution in [-0.2, 0) is 10.9 Å². The van der Waals surface area contributed by atoms with Crippen LogP contribution in [0, 0.1) is 0 Å². The summed E-state index contributed by atoms with van der Waals surface area (Å²) in [6.45, 7) is 1.59. The van der Waals surface area contributed by atoms with E-state index >= 15 is 0 Å². The van der Waals surface area contributed by atoms with Crippen molar-refractivity contribution in [2.45, 2.75) is 24.7 Å². The van der Waals surface area contributed by atoms with Crippen molar-refractivity contribution in [3.63, 3.8) is 0 Å². The fraction of sp³-hybridized carbons (Fsp3) is 0.400. The van der Waals surface area contributed by atoms with Gasteiger partial charge in [-0.15, -0.1) is 0 Å². The number of rotatable bonds is 2. The molecule has 1 aromatic heterocycles. The lowest BCUT2D eigenvalue weighted by Gasteiger charge is -2.43. The third-order valence-corrected chi connectivity index (χ3v) is 6.41. The first-order valence-corrected chi connectivity index (χ1v) is 10.9. The highest BCUT2D eigenvalue weighted by molar-refractivity contribution is 6.36. The number of pyridine rings is 1. The van der Waals surface area contributed by atoms with Crippen molar-refractivity contribution in [2.75, 3.05) is 36.5 Å². The number of aromatic nitrogens is 1. The summed E-state index contributed by atoms with van der Waals surface area (Å²) in [6, 6.07) is 5.29. The molecule has 0 bridgehead atoms. The van der Waals surface area contributed by atoms with E-state index in [4.69, 9.17) is 39.5 Å². The van der Waals surface area contributed by atoms with Crippen molar-refractivity contribution in [2.24, 2.45) is 0 Å². The topological polar surface area (TPSA) is 57.7 Å².